The first-order valence-corrected chi connectivity index (χ1v) is 13.6. The summed E-state index contributed by atoms with van der Waals surface area (Å²) in [6.45, 7) is 13.4. The fourth-order valence-corrected chi connectivity index (χ4v) is 7.58. The third kappa shape index (κ3) is 6.15. The Balaban J connectivity index is 1.69. The highest BCUT2D eigenvalue weighted by atomic mass is 32.2. The van der Waals surface area contributed by atoms with Crippen LogP contribution in [0.15, 0.2) is 35.4 Å². The summed E-state index contributed by atoms with van der Waals surface area (Å²) in [6, 6.07) is 4.34. The number of methoxy groups -OCH3 is 1. The number of ether oxygens (including phenoxy) is 2. The van der Waals surface area contributed by atoms with E-state index in [9.17, 15) is 0 Å². The van der Waals surface area contributed by atoms with Gasteiger partial charge in [0.15, 0.2) is 0 Å². The Morgan fingerprint density at radius 3 is 2.42 bits per heavy atom. The fourth-order valence-electron chi connectivity index (χ4n) is 4.30. The monoisotopic (exact) mass is 460 g/mol. The standard InChI is InChI=1S/C27H40O2S2/c1-19(9-14-25-26(5,6)29-25)15-16-27(30-17-8-18-31-27)20(2)10-11-23-12-13-24(28-7)22(4)21(23)3/h10,12-13,15,25H,8-9,11,14,16-18H2,1-7H3/b19-15+,20-10+/t25-/m0/s1. The summed E-state index contributed by atoms with van der Waals surface area (Å²) in [6.07, 6.45) is 11.1. The molecule has 4 heteroatoms. The van der Waals surface area contributed by atoms with Crippen LogP contribution in [0.1, 0.15) is 70.1 Å². The van der Waals surface area contributed by atoms with Crippen molar-refractivity contribution in [2.75, 3.05) is 18.6 Å². The molecule has 31 heavy (non-hydrogen) atoms. The van der Waals surface area contributed by atoms with E-state index in [4.69, 9.17) is 9.47 Å². The van der Waals surface area contributed by atoms with Gasteiger partial charge in [-0.2, -0.15) is 0 Å². The molecule has 0 aromatic heterocycles. The Kier molecular flexibility index (Phi) is 8.32. The van der Waals surface area contributed by atoms with Crippen molar-refractivity contribution in [1.29, 1.82) is 0 Å². The summed E-state index contributed by atoms with van der Waals surface area (Å²) in [5, 5.41) is 0. The first-order valence-electron chi connectivity index (χ1n) is 11.6. The van der Waals surface area contributed by atoms with Gasteiger partial charge in [-0.15, -0.1) is 23.5 Å². The van der Waals surface area contributed by atoms with Gasteiger partial charge in [-0.05, 0) is 108 Å². The van der Waals surface area contributed by atoms with Crippen LogP contribution in [-0.4, -0.2) is 34.4 Å². The van der Waals surface area contributed by atoms with E-state index in [1.165, 1.54) is 45.8 Å². The van der Waals surface area contributed by atoms with Crippen LogP contribution in [0, 0.1) is 13.8 Å². The molecule has 0 unspecified atom stereocenters. The van der Waals surface area contributed by atoms with E-state index in [-0.39, 0.29) is 9.68 Å². The first-order chi connectivity index (χ1) is 14.7. The maximum Gasteiger partial charge on any atom is 0.122 e. The second-order valence-corrected chi connectivity index (χ2v) is 12.6. The van der Waals surface area contributed by atoms with Gasteiger partial charge < -0.3 is 9.47 Å². The third-order valence-corrected chi connectivity index (χ3v) is 10.5. The summed E-state index contributed by atoms with van der Waals surface area (Å²) in [5.74, 6) is 3.50. The molecule has 0 radical (unpaired) electrons. The first kappa shape index (κ1) is 24.8. The average molecular weight is 461 g/mol. The Hall–Kier alpha value is -0.840. The second-order valence-electron chi connectivity index (χ2n) is 9.57. The van der Waals surface area contributed by atoms with E-state index in [2.05, 4.69) is 89.4 Å². The van der Waals surface area contributed by atoms with Gasteiger partial charge >= 0.3 is 0 Å². The molecule has 0 N–H and O–H groups in total. The molecule has 1 aromatic rings. The smallest absolute Gasteiger partial charge is 0.122 e. The molecule has 2 aliphatic heterocycles. The Labute approximate surface area is 198 Å². The van der Waals surface area contributed by atoms with Crippen LogP contribution < -0.4 is 4.74 Å². The maximum atomic E-state index is 5.76. The largest absolute Gasteiger partial charge is 0.496 e. The van der Waals surface area contributed by atoms with Gasteiger partial charge in [0.1, 0.15) is 5.75 Å². The lowest BCUT2D eigenvalue weighted by Crippen LogP contribution is -2.26. The van der Waals surface area contributed by atoms with Crippen molar-refractivity contribution in [3.05, 3.63) is 52.1 Å². The SMILES string of the molecule is COc1ccc(C/C=C(\C)C2(C/C=C(\C)CC[C@@H]3OC3(C)C)SCCCS2)c(C)c1C. The molecule has 2 heterocycles. The molecule has 2 nitrogen and oxygen atoms in total. The zero-order chi connectivity index (χ0) is 22.6. The third-order valence-electron chi connectivity index (χ3n) is 6.94. The van der Waals surface area contributed by atoms with Crippen molar-refractivity contribution in [1.82, 2.24) is 0 Å². The number of rotatable bonds is 9. The number of benzene rings is 1. The van der Waals surface area contributed by atoms with Crippen molar-refractivity contribution in [2.24, 2.45) is 0 Å². The van der Waals surface area contributed by atoms with Crippen LogP contribution in [0.4, 0.5) is 0 Å². The van der Waals surface area contributed by atoms with Gasteiger partial charge in [-0.3, -0.25) is 0 Å². The molecule has 0 aliphatic carbocycles. The van der Waals surface area contributed by atoms with Gasteiger partial charge in [0.05, 0.1) is 22.9 Å². The molecule has 2 aliphatic rings. The van der Waals surface area contributed by atoms with Crippen LogP contribution in [0.25, 0.3) is 0 Å². The number of epoxide rings is 1. The molecule has 0 amide bonds. The Bertz CT molecular complexity index is 832. The quantitative estimate of drug-likeness (QED) is 0.278. The minimum atomic E-state index is 0.105. The lowest BCUT2D eigenvalue weighted by Gasteiger charge is -2.37. The zero-order valence-electron chi connectivity index (χ0n) is 20.5. The number of thioether (sulfide) groups is 2. The van der Waals surface area contributed by atoms with Crippen molar-refractivity contribution >= 4 is 23.5 Å². The molecule has 0 bridgehead atoms. The van der Waals surface area contributed by atoms with Crippen LogP contribution in [0.5, 0.6) is 5.75 Å². The molecule has 172 valence electrons. The van der Waals surface area contributed by atoms with Gasteiger partial charge in [0.2, 0.25) is 0 Å². The lowest BCUT2D eigenvalue weighted by atomic mass is 9.98. The van der Waals surface area contributed by atoms with Gasteiger partial charge in [0.25, 0.3) is 0 Å². The summed E-state index contributed by atoms with van der Waals surface area (Å²) in [7, 11) is 1.75. The van der Waals surface area contributed by atoms with E-state index in [1.807, 2.05) is 0 Å². The second kappa shape index (κ2) is 10.4. The van der Waals surface area contributed by atoms with Crippen LogP contribution in [0.2, 0.25) is 0 Å². The normalized spacial score (nSPS) is 23.0. The van der Waals surface area contributed by atoms with Crippen molar-refractivity contribution in [3.8, 4) is 5.75 Å². The highest BCUT2D eigenvalue weighted by Crippen LogP contribution is 2.50. The Morgan fingerprint density at radius 2 is 1.81 bits per heavy atom. The van der Waals surface area contributed by atoms with Crippen molar-refractivity contribution in [2.45, 2.75) is 89.4 Å². The van der Waals surface area contributed by atoms with Gasteiger partial charge in [-0.1, -0.05) is 29.4 Å². The van der Waals surface area contributed by atoms with Crippen molar-refractivity contribution in [3.63, 3.8) is 0 Å². The molecular weight excluding hydrogens is 420 g/mol. The van der Waals surface area contributed by atoms with E-state index in [0.29, 0.717) is 6.10 Å². The summed E-state index contributed by atoms with van der Waals surface area (Å²) < 4.78 is 11.4. The van der Waals surface area contributed by atoms with Gasteiger partial charge in [-0.25, -0.2) is 0 Å². The molecule has 2 fully saturated rings. The molecule has 1 aromatic carbocycles. The van der Waals surface area contributed by atoms with E-state index >= 15 is 0 Å². The minimum Gasteiger partial charge on any atom is -0.496 e. The van der Waals surface area contributed by atoms with Crippen LogP contribution in [-0.2, 0) is 11.2 Å². The van der Waals surface area contributed by atoms with E-state index in [0.717, 1.165) is 31.4 Å². The summed E-state index contributed by atoms with van der Waals surface area (Å²) >= 11 is 4.30. The molecule has 0 saturated carbocycles. The highest BCUT2D eigenvalue weighted by molar-refractivity contribution is 8.19. The molecule has 1 atom stereocenters. The fraction of sp³-hybridized carbons (Fsp3) is 0.630. The van der Waals surface area contributed by atoms with Gasteiger partial charge in [0, 0.05) is 0 Å². The average Bonchev–Trinajstić information content (AvgIpc) is 3.38. The van der Waals surface area contributed by atoms with Crippen molar-refractivity contribution < 1.29 is 9.47 Å². The predicted octanol–water partition coefficient (Wildman–Crippen LogP) is 7.66. The summed E-state index contributed by atoms with van der Waals surface area (Å²) in [4.78, 5) is 0. The minimum absolute atomic E-state index is 0.105. The van der Waals surface area contributed by atoms with Crippen LogP contribution in [0.3, 0.4) is 0 Å². The molecule has 0 spiro atoms. The summed E-state index contributed by atoms with van der Waals surface area (Å²) in [5.41, 5.74) is 7.13. The van der Waals surface area contributed by atoms with Crippen LogP contribution >= 0.6 is 23.5 Å². The van der Waals surface area contributed by atoms with E-state index in [1.54, 1.807) is 7.11 Å². The topological polar surface area (TPSA) is 21.8 Å². The maximum absolute atomic E-state index is 5.76. The lowest BCUT2D eigenvalue weighted by molar-refractivity contribution is 0.320. The number of hydrogen-bond donors (Lipinski definition) is 0. The number of allylic oxidation sites excluding steroid dienone is 3. The predicted molar refractivity (Wildman–Crippen MR) is 139 cm³/mol. The number of hydrogen-bond acceptors (Lipinski definition) is 4. The molecule has 3 rings (SSSR count). The molecule has 2 saturated heterocycles. The Morgan fingerprint density at radius 1 is 1.13 bits per heavy atom. The highest BCUT2D eigenvalue weighted by Gasteiger charge is 2.46. The molecular formula is C27H40O2S2. The van der Waals surface area contributed by atoms with E-state index < -0.39 is 0 Å². The zero-order valence-corrected chi connectivity index (χ0v) is 22.1.